The number of nitrogens with one attached hydrogen (secondary N) is 1. The monoisotopic (exact) mass is 304 g/mol. The summed E-state index contributed by atoms with van der Waals surface area (Å²) in [4.78, 5) is 7.41. The number of H-pyrrole nitrogens is 1. The zero-order chi connectivity index (χ0) is 16.6. The van der Waals surface area contributed by atoms with Gasteiger partial charge in [0.15, 0.2) is 0 Å². The first-order valence-corrected chi connectivity index (χ1v) is 8.21. The Morgan fingerprint density at radius 2 is 2.17 bits per heavy atom. The maximum Gasteiger partial charge on any atom is 0.239 e. The fraction of sp³-hybridized carbons (Fsp3) is 0.381. The molecule has 2 nitrogen and oxygen atoms in total. The molecule has 1 aromatic carbocycles. The standard InChI is InChI=1S/C21H24N2/c1-6-21(4)12-15(14(2)3)11-17(20(21)22-5)18-13-23-19-10-8-7-9-16(18)19/h6-10,13,15,17,20,23H,1-2,11-12H2,3-4H3/t15-,17+,20-,21-/m1/s1. The van der Waals surface area contributed by atoms with Crippen LogP contribution >= 0.6 is 0 Å². The van der Waals surface area contributed by atoms with Gasteiger partial charge >= 0.3 is 0 Å². The molecule has 0 unspecified atom stereocenters. The van der Waals surface area contributed by atoms with E-state index >= 15 is 0 Å². The van der Waals surface area contributed by atoms with E-state index in [2.05, 4.69) is 61.2 Å². The lowest BCUT2D eigenvalue weighted by Gasteiger charge is -2.41. The van der Waals surface area contributed by atoms with Crippen molar-refractivity contribution in [3.63, 3.8) is 0 Å². The van der Waals surface area contributed by atoms with Crippen LogP contribution in [0.2, 0.25) is 0 Å². The van der Waals surface area contributed by atoms with E-state index in [1.54, 1.807) is 0 Å². The number of fused-ring (bicyclic) bond motifs is 1. The Morgan fingerprint density at radius 3 is 2.83 bits per heavy atom. The molecule has 1 N–H and O–H groups in total. The Labute approximate surface area is 138 Å². The summed E-state index contributed by atoms with van der Waals surface area (Å²) in [6, 6.07) is 8.28. The van der Waals surface area contributed by atoms with Crippen molar-refractivity contribution in [2.75, 3.05) is 0 Å². The molecule has 1 aromatic heterocycles. The van der Waals surface area contributed by atoms with Gasteiger partial charge in [-0.05, 0) is 44.2 Å². The van der Waals surface area contributed by atoms with Crippen LogP contribution in [0, 0.1) is 17.9 Å². The number of rotatable bonds is 3. The molecule has 1 aliphatic carbocycles. The van der Waals surface area contributed by atoms with E-state index in [-0.39, 0.29) is 17.4 Å². The molecule has 4 atom stereocenters. The van der Waals surface area contributed by atoms with Gasteiger partial charge in [-0.15, -0.1) is 6.58 Å². The normalized spacial score (nSPS) is 30.7. The van der Waals surface area contributed by atoms with Crippen LogP contribution in [-0.4, -0.2) is 11.0 Å². The predicted molar refractivity (Wildman–Crippen MR) is 97.3 cm³/mol. The van der Waals surface area contributed by atoms with Crippen molar-refractivity contribution in [3.05, 3.63) is 72.2 Å². The average molecular weight is 304 g/mol. The third-order valence-corrected chi connectivity index (χ3v) is 5.60. The molecular weight excluding hydrogens is 280 g/mol. The minimum absolute atomic E-state index is 0.0743. The maximum absolute atomic E-state index is 7.81. The van der Waals surface area contributed by atoms with Crippen LogP contribution in [0.4, 0.5) is 0 Å². The second-order valence-corrected chi connectivity index (χ2v) is 7.16. The van der Waals surface area contributed by atoms with Crippen LogP contribution in [0.3, 0.4) is 0 Å². The van der Waals surface area contributed by atoms with Gasteiger partial charge in [0.1, 0.15) is 0 Å². The number of benzene rings is 1. The van der Waals surface area contributed by atoms with E-state index in [0.717, 1.165) is 18.4 Å². The highest BCUT2D eigenvalue weighted by molar-refractivity contribution is 5.83. The Morgan fingerprint density at radius 1 is 1.43 bits per heavy atom. The van der Waals surface area contributed by atoms with Crippen molar-refractivity contribution >= 4 is 10.9 Å². The van der Waals surface area contributed by atoms with Crippen molar-refractivity contribution in [3.8, 4) is 0 Å². The second kappa shape index (κ2) is 5.74. The van der Waals surface area contributed by atoms with Gasteiger partial charge < -0.3 is 9.83 Å². The molecule has 2 aromatic rings. The number of para-hydroxylation sites is 1. The smallest absolute Gasteiger partial charge is 0.239 e. The van der Waals surface area contributed by atoms with Crippen molar-refractivity contribution in [2.45, 2.75) is 38.6 Å². The lowest BCUT2D eigenvalue weighted by Crippen LogP contribution is -2.41. The van der Waals surface area contributed by atoms with Crippen LogP contribution in [0.5, 0.6) is 0 Å². The molecule has 0 bridgehead atoms. The summed E-state index contributed by atoms with van der Waals surface area (Å²) < 4.78 is 0. The summed E-state index contributed by atoms with van der Waals surface area (Å²) in [5, 5.41) is 1.24. The molecule has 1 heterocycles. The summed E-state index contributed by atoms with van der Waals surface area (Å²) in [6.45, 7) is 20.3. The molecule has 1 saturated carbocycles. The number of hydrogen-bond acceptors (Lipinski definition) is 0. The summed E-state index contributed by atoms with van der Waals surface area (Å²) in [5.74, 6) is 0.650. The van der Waals surface area contributed by atoms with Crippen molar-refractivity contribution in [1.29, 1.82) is 0 Å². The topological polar surface area (TPSA) is 20.1 Å². The fourth-order valence-corrected chi connectivity index (χ4v) is 4.14. The van der Waals surface area contributed by atoms with Gasteiger partial charge in [0.25, 0.3) is 0 Å². The molecule has 3 rings (SSSR count). The van der Waals surface area contributed by atoms with Crippen molar-refractivity contribution < 1.29 is 0 Å². The van der Waals surface area contributed by atoms with Crippen LogP contribution in [0.15, 0.2) is 55.3 Å². The minimum atomic E-state index is -0.174. The van der Waals surface area contributed by atoms with E-state index in [0.29, 0.717) is 5.92 Å². The number of allylic oxidation sites excluding steroid dienone is 1. The molecular formula is C21H24N2. The van der Waals surface area contributed by atoms with Crippen LogP contribution in [-0.2, 0) is 0 Å². The summed E-state index contributed by atoms with van der Waals surface area (Å²) in [6.07, 6.45) is 6.05. The molecule has 0 aliphatic heterocycles. The van der Waals surface area contributed by atoms with Gasteiger partial charge in [0, 0.05) is 17.1 Å². The van der Waals surface area contributed by atoms with E-state index in [4.69, 9.17) is 6.57 Å². The molecule has 2 heteroatoms. The minimum Gasteiger partial charge on any atom is -0.361 e. The van der Waals surface area contributed by atoms with Gasteiger partial charge in [-0.3, -0.25) is 0 Å². The first kappa shape index (κ1) is 15.6. The SMILES string of the molecule is [C-]#[N+][C@@H]1[C@H](c2c[nH]c3ccccc23)C[C@@H](C(=C)C)C[C@@]1(C)C=C. The zero-order valence-electron chi connectivity index (χ0n) is 14.0. The first-order valence-electron chi connectivity index (χ1n) is 8.21. The molecule has 0 spiro atoms. The molecule has 118 valence electrons. The lowest BCUT2D eigenvalue weighted by atomic mass is 9.60. The predicted octanol–water partition coefficient (Wildman–Crippen LogP) is 5.72. The highest BCUT2D eigenvalue weighted by atomic mass is 14.8. The van der Waals surface area contributed by atoms with Gasteiger partial charge in [0.05, 0.1) is 11.3 Å². The Bertz CT molecular complexity index is 792. The van der Waals surface area contributed by atoms with E-state index < -0.39 is 0 Å². The summed E-state index contributed by atoms with van der Waals surface area (Å²) in [5.41, 5.74) is 3.45. The summed E-state index contributed by atoms with van der Waals surface area (Å²) >= 11 is 0. The van der Waals surface area contributed by atoms with Gasteiger partial charge in [-0.2, -0.15) is 0 Å². The highest BCUT2D eigenvalue weighted by Crippen LogP contribution is 2.51. The third-order valence-electron chi connectivity index (χ3n) is 5.60. The van der Waals surface area contributed by atoms with Crippen LogP contribution in [0.1, 0.15) is 38.2 Å². The Balaban J connectivity index is 2.12. The molecule has 0 saturated heterocycles. The number of nitrogens with zero attached hydrogens (tertiary/aromatic N) is 1. The number of aromatic amines is 1. The van der Waals surface area contributed by atoms with E-state index in [9.17, 15) is 0 Å². The molecule has 0 amide bonds. The highest BCUT2D eigenvalue weighted by Gasteiger charge is 2.50. The Kier molecular flexibility index (Phi) is 3.90. The summed E-state index contributed by atoms with van der Waals surface area (Å²) in [7, 11) is 0. The number of hydrogen-bond donors (Lipinski definition) is 1. The molecule has 0 radical (unpaired) electrons. The van der Waals surface area contributed by atoms with Gasteiger partial charge in [0.2, 0.25) is 6.04 Å². The average Bonchev–Trinajstić information content (AvgIpc) is 2.97. The van der Waals surface area contributed by atoms with Crippen molar-refractivity contribution in [1.82, 2.24) is 4.98 Å². The molecule has 1 aliphatic rings. The van der Waals surface area contributed by atoms with E-state index in [1.807, 2.05) is 12.1 Å². The maximum atomic E-state index is 7.81. The molecule has 1 fully saturated rings. The van der Waals surface area contributed by atoms with Gasteiger partial charge in [-0.25, -0.2) is 6.57 Å². The quantitative estimate of drug-likeness (QED) is 0.553. The number of aromatic nitrogens is 1. The second-order valence-electron chi connectivity index (χ2n) is 7.16. The largest absolute Gasteiger partial charge is 0.361 e. The van der Waals surface area contributed by atoms with Crippen molar-refractivity contribution in [2.24, 2.45) is 11.3 Å². The first-order chi connectivity index (χ1) is 11.0. The van der Waals surface area contributed by atoms with Crippen LogP contribution in [0.25, 0.3) is 15.7 Å². The zero-order valence-corrected chi connectivity index (χ0v) is 14.0. The Hall–Kier alpha value is -2.27. The fourth-order valence-electron chi connectivity index (χ4n) is 4.14. The lowest BCUT2D eigenvalue weighted by molar-refractivity contribution is 0.195. The third kappa shape index (κ3) is 2.51. The van der Waals surface area contributed by atoms with E-state index in [1.165, 1.54) is 16.5 Å². The van der Waals surface area contributed by atoms with Crippen LogP contribution < -0.4 is 0 Å². The van der Waals surface area contributed by atoms with Gasteiger partial charge in [-0.1, -0.05) is 36.4 Å². The molecule has 23 heavy (non-hydrogen) atoms.